The number of nitrogens with one attached hydrogen (secondary N) is 1. The van der Waals surface area contributed by atoms with Crippen molar-refractivity contribution in [1.29, 1.82) is 0 Å². The predicted molar refractivity (Wildman–Crippen MR) is 72.0 cm³/mol. The summed E-state index contributed by atoms with van der Waals surface area (Å²) in [5.74, 6) is 2.57. The van der Waals surface area contributed by atoms with Gasteiger partial charge in [0.15, 0.2) is 5.82 Å². The molecule has 0 spiro atoms. The van der Waals surface area contributed by atoms with Gasteiger partial charge in [-0.15, -0.1) is 0 Å². The van der Waals surface area contributed by atoms with Gasteiger partial charge in [-0.1, -0.05) is 19.0 Å². The van der Waals surface area contributed by atoms with Crippen LogP contribution in [-0.4, -0.2) is 26.7 Å². The monoisotopic (exact) mass is 261 g/mol. The van der Waals surface area contributed by atoms with Gasteiger partial charge in [0, 0.05) is 25.1 Å². The average Bonchev–Trinajstić information content (AvgIpc) is 2.84. The van der Waals surface area contributed by atoms with E-state index in [2.05, 4.69) is 25.4 Å². The van der Waals surface area contributed by atoms with E-state index in [0.717, 1.165) is 36.7 Å². The van der Waals surface area contributed by atoms with Crippen LogP contribution in [0.25, 0.3) is 0 Å². The molecular weight excluding hydrogens is 242 g/mol. The van der Waals surface area contributed by atoms with E-state index in [-0.39, 0.29) is 0 Å². The number of anilines is 1. The molecule has 0 aliphatic carbocycles. The Morgan fingerprint density at radius 2 is 2.11 bits per heavy atom. The lowest BCUT2D eigenvalue weighted by atomic mass is 10.2. The van der Waals surface area contributed by atoms with Crippen LogP contribution in [0.1, 0.15) is 43.6 Å². The Hall–Kier alpha value is -1.98. The third-order valence-corrected chi connectivity index (χ3v) is 2.63. The molecule has 6 nitrogen and oxygen atoms in total. The molecule has 2 heterocycles. The third kappa shape index (κ3) is 4.01. The lowest BCUT2D eigenvalue weighted by Gasteiger charge is -2.03. The maximum absolute atomic E-state index is 5.18. The molecule has 2 aromatic heterocycles. The lowest BCUT2D eigenvalue weighted by Crippen LogP contribution is -2.05. The number of nitrogens with zero attached hydrogens (tertiary/aromatic N) is 4. The Morgan fingerprint density at radius 1 is 1.26 bits per heavy atom. The molecule has 0 atom stereocenters. The molecule has 0 aromatic carbocycles. The molecule has 0 fully saturated rings. The van der Waals surface area contributed by atoms with E-state index in [4.69, 9.17) is 4.52 Å². The van der Waals surface area contributed by atoms with Crippen molar-refractivity contribution in [3.05, 3.63) is 29.8 Å². The van der Waals surface area contributed by atoms with Crippen LogP contribution in [0, 0.1) is 6.92 Å². The zero-order valence-corrected chi connectivity index (χ0v) is 11.6. The van der Waals surface area contributed by atoms with Gasteiger partial charge in [-0.05, 0) is 13.3 Å². The number of rotatable bonds is 6. The Kier molecular flexibility index (Phi) is 4.43. The topological polar surface area (TPSA) is 76.7 Å². The molecule has 6 heteroatoms. The first-order valence-electron chi connectivity index (χ1n) is 6.50. The van der Waals surface area contributed by atoms with Crippen molar-refractivity contribution >= 4 is 5.82 Å². The number of hydrogen-bond acceptors (Lipinski definition) is 6. The van der Waals surface area contributed by atoms with Gasteiger partial charge >= 0.3 is 0 Å². The molecule has 0 amide bonds. The van der Waals surface area contributed by atoms with Crippen LogP contribution in [-0.2, 0) is 6.42 Å². The van der Waals surface area contributed by atoms with Crippen LogP contribution in [0.4, 0.5) is 5.82 Å². The molecule has 0 saturated carbocycles. The molecule has 0 aliphatic heterocycles. The van der Waals surface area contributed by atoms with Crippen LogP contribution in [0.5, 0.6) is 0 Å². The van der Waals surface area contributed by atoms with Gasteiger partial charge in [-0.2, -0.15) is 4.98 Å². The van der Waals surface area contributed by atoms with E-state index in [1.165, 1.54) is 0 Å². The van der Waals surface area contributed by atoms with E-state index in [1.807, 2.05) is 20.8 Å². The summed E-state index contributed by atoms with van der Waals surface area (Å²) in [5.41, 5.74) is 0.906. The van der Waals surface area contributed by atoms with Gasteiger partial charge in [-0.3, -0.25) is 4.98 Å². The molecule has 0 unspecified atom stereocenters. The van der Waals surface area contributed by atoms with Gasteiger partial charge in [0.1, 0.15) is 5.82 Å². The Bertz CT molecular complexity index is 523. The number of hydrogen-bond donors (Lipinski definition) is 1. The van der Waals surface area contributed by atoms with Crippen molar-refractivity contribution in [2.24, 2.45) is 0 Å². The Balaban J connectivity index is 1.74. The third-order valence-electron chi connectivity index (χ3n) is 2.63. The van der Waals surface area contributed by atoms with Gasteiger partial charge in [-0.25, -0.2) is 4.98 Å². The Labute approximate surface area is 112 Å². The minimum absolute atomic E-state index is 0.304. The fourth-order valence-electron chi connectivity index (χ4n) is 1.61. The average molecular weight is 261 g/mol. The normalized spacial score (nSPS) is 10.9. The summed E-state index contributed by atoms with van der Waals surface area (Å²) >= 11 is 0. The standard InChI is InChI=1S/C13H19N5O/c1-9(2)13-17-12(19-18-13)5-4-6-15-11-8-14-7-10(3)16-11/h7-9H,4-6H2,1-3H3,(H,15,16). The maximum atomic E-state index is 5.18. The lowest BCUT2D eigenvalue weighted by molar-refractivity contribution is 0.369. The molecule has 2 aromatic rings. The summed E-state index contributed by atoms with van der Waals surface area (Å²) in [5, 5.41) is 7.16. The maximum Gasteiger partial charge on any atom is 0.226 e. The zero-order valence-electron chi connectivity index (χ0n) is 11.6. The van der Waals surface area contributed by atoms with Gasteiger partial charge in [0.05, 0.1) is 11.9 Å². The minimum Gasteiger partial charge on any atom is -0.369 e. The van der Waals surface area contributed by atoms with Crippen molar-refractivity contribution in [2.45, 2.75) is 39.5 Å². The van der Waals surface area contributed by atoms with Crippen molar-refractivity contribution in [3.63, 3.8) is 0 Å². The first-order chi connectivity index (χ1) is 9.15. The van der Waals surface area contributed by atoms with Crippen molar-refractivity contribution < 1.29 is 4.52 Å². The second kappa shape index (κ2) is 6.26. The second-order valence-corrected chi connectivity index (χ2v) is 4.78. The van der Waals surface area contributed by atoms with E-state index >= 15 is 0 Å². The van der Waals surface area contributed by atoms with E-state index in [9.17, 15) is 0 Å². The van der Waals surface area contributed by atoms with Crippen LogP contribution >= 0.6 is 0 Å². The molecule has 102 valence electrons. The molecule has 2 rings (SSSR count). The fraction of sp³-hybridized carbons (Fsp3) is 0.538. The van der Waals surface area contributed by atoms with Crippen molar-refractivity contribution in [2.75, 3.05) is 11.9 Å². The quantitative estimate of drug-likeness (QED) is 0.804. The minimum atomic E-state index is 0.304. The highest BCUT2D eigenvalue weighted by atomic mass is 16.5. The zero-order chi connectivity index (χ0) is 13.7. The fourth-order valence-corrected chi connectivity index (χ4v) is 1.61. The highest BCUT2D eigenvalue weighted by molar-refractivity contribution is 5.31. The van der Waals surface area contributed by atoms with Crippen LogP contribution in [0.2, 0.25) is 0 Å². The SMILES string of the molecule is Cc1cncc(NCCCc2nc(C(C)C)no2)n1. The first kappa shape index (κ1) is 13.5. The van der Waals surface area contributed by atoms with Crippen molar-refractivity contribution in [3.8, 4) is 0 Å². The highest BCUT2D eigenvalue weighted by Gasteiger charge is 2.08. The van der Waals surface area contributed by atoms with Gasteiger partial charge in [0.25, 0.3) is 0 Å². The summed E-state index contributed by atoms with van der Waals surface area (Å²) in [6, 6.07) is 0. The van der Waals surface area contributed by atoms with Crippen LogP contribution < -0.4 is 5.32 Å². The summed E-state index contributed by atoms with van der Waals surface area (Å²) in [6.45, 7) is 6.82. The number of aromatic nitrogens is 4. The molecule has 1 N–H and O–H groups in total. The van der Waals surface area contributed by atoms with Crippen LogP contribution in [0.15, 0.2) is 16.9 Å². The van der Waals surface area contributed by atoms with E-state index in [0.29, 0.717) is 11.8 Å². The first-order valence-corrected chi connectivity index (χ1v) is 6.50. The Morgan fingerprint density at radius 3 is 2.79 bits per heavy atom. The molecule has 0 saturated heterocycles. The smallest absolute Gasteiger partial charge is 0.226 e. The van der Waals surface area contributed by atoms with Gasteiger partial charge in [0.2, 0.25) is 5.89 Å². The molecule has 0 radical (unpaired) electrons. The molecule has 19 heavy (non-hydrogen) atoms. The summed E-state index contributed by atoms with van der Waals surface area (Å²) in [7, 11) is 0. The van der Waals surface area contributed by atoms with Crippen LogP contribution in [0.3, 0.4) is 0 Å². The molecule has 0 bridgehead atoms. The summed E-state index contributed by atoms with van der Waals surface area (Å²) in [4.78, 5) is 12.7. The van der Waals surface area contributed by atoms with E-state index < -0.39 is 0 Å². The molecule has 0 aliphatic rings. The van der Waals surface area contributed by atoms with Gasteiger partial charge < -0.3 is 9.84 Å². The largest absolute Gasteiger partial charge is 0.369 e. The summed E-state index contributed by atoms with van der Waals surface area (Å²) < 4.78 is 5.18. The highest BCUT2D eigenvalue weighted by Crippen LogP contribution is 2.10. The molecular formula is C13H19N5O. The van der Waals surface area contributed by atoms with Crippen molar-refractivity contribution in [1.82, 2.24) is 20.1 Å². The predicted octanol–water partition coefficient (Wildman–Crippen LogP) is 2.34. The summed E-state index contributed by atoms with van der Waals surface area (Å²) in [6.07, 6.45) is 5.13. The second-order valence-electron chi connectivity index (χ2n) is 4.78. The van der Waals surface area contributed by atoms with E-state index in [1.54, 1.807) is 12.4 Å². The number of aryl methyl sites for hydroxylation is 2.